The molecular formula is C11H15BrN4O. The predicted octanol–water partition coefficient (Wildman–Crippen LogP) is 1.95. The third kappa shape index (κ3) is 3.09. The summed E-state index contributed by atoms with van der Waals surface area (Å²) in [7, 11) is 0. The molecule has 1 aromatic rings. The van der Waals surface area contributed by atoms with Gasteiger partial charge in [0.2, 0.25) is 0 Å². The van der Waals surface area contributed by atoms with Crippen molar-refractivity contribution in [1.82, 2.24) is 4.98 Å². The molecule has 3 N–H and O–H groups in total. The van der Waals surface area contributed by atoms with E-state index in [-0.39, 0.29) is 5.84 Å². The molecule has 2 rings (SSSR count). The summed E-state index contributed by atoms with van der Waals surface area (Å²) >= 11 is 3.50. The lowest BCUT2D eigenvalue weighted by atomic mass is 10.3. The molecule has 92 valence electrons. The van der Waals surface area contributed by atoms with E-state index in [1.807, 2.05) is 6.07 Å². The van der Waals surface area contributed by atoms with Crippen LogP contribution >= 0.6 is 15.9 Å². The molecule has 1 saturated carbocycles. The molecule has 1 aliphatic carbocycles. The third-order valence-electron chi connectivity index (χ3n) is 2.79. The summed E-state index contributed by atoms with van der Waals surface area (Å²) in [6.45, 7) is 0.753. The first-order chi connectivity index (χ1) is 8.22. The molecule has 0 amide bonds. The van der Waals surface area contributed by atoms with Gasteiger partial charge in [-0.3, -0.25) is 4.98 Å². The summed E-state index contributed by atoms with van der Waals surface area (Å²) < 4.78 is 0.978. The first-order valence-corrected chi connectivity index (χ1v) is 6.34. The lowest BCUT2D eigenvalue weighted by Crippen LogP contribution is -2.30. The Balaban J connectivity index is 2.10. The molecule has 0 bridgehead atoms. The molecule has 0 atom stereocenters. The number of nitrogens with zero attached hydrogens (tertiary/aromatic N) is 3. The van der Waals surface area contributed by atoms with E-state index >= 15 is 0 Å². The SMILES string of the molecule is N/C(CCN(c1ccncc1Br)C1CC1)=N/O. The summed E-state index contributed by atoms with van der Waals surface area (Å²) in [5.41, 5.74) is 6.63. The topological polar surface area (TPSA) is 74.7 Å². The van der Waals surface area contributed by atoms with Crippen LogP contribution in [0.25, 0.3) is 0 Å². The van der Waals surface area contributed by atoms with Crippen LogP contribution in [-0.4, -0.2) is 28.6 Å². The highest BCUT2D eigenvalue weighted by atomic mass is 79.9. The number of nitrogens with two attached hydrogens (primary N) is 1. The highest BCUT2D eigenvalue weighted by Gasteiger charge is 2.30. The quantitative estimate of drug-likeness (QED) is 0.377. The third-order valence-corrected chi connectivity index (χ3v) is 3.40. The van der Waals surface area contributed by atoms with Crippen LogP contribution in [0.5, 0.6) is 0 Å². The van der Waals surface area contributed by atoms with Gasteiger partial charge in [-0.05, 0) is 34.8 Å². The van der Waals surface area contributed by atoms with E-state index in [0.717, 1.165) is 16.7 Å². The molecule has 0 aliphatic heterocycles. The van der Waals surface area contributed by atoms with Crippen LogP contribution < -0.4 is 10.6 Å². The van der Waals surface area contributed by atoms with Crippen molar-refractivity contribution in [3.05, 3.63) is 22.9 Å². The van der Waals surface area contributed by atoms with Crippen molar-refractivity contribution < 1.29 is 5.21 Å². The van der Waals surface area contributed by atoms with Crippen molar-refractivity contribution in [1.29, 1.82) is 0 Å². The fourth-order valence-electron chi connectivity index (χ4n) is 1.77. The second-order valence-corrected chi connectivity index (χ2v) is 4.95. The largest absolute Gasteiger partial charge is 0.409 e. The maximum absolute atomic E-state index is 8.55. The van der Waals surface area contributed by atoms with E-state index in [1.54, 1.807) is 12.4 Å². The van der Waals surface area contributed by atoms with E-state index in [2.05, 4.69) is 31.0 Å². The monoisotopic (exact) mass is 298 g/mol. The number of anilines is 1. The Morgan fingerprint density at radius 1 is 1.65 bits per heavy atom. The van der Waals surface area contributed by atoms with Crippen LogP contribution in [0, 0.1) is 0 Å². The van der Waals surface area contributed by atoms with E-state index < -0.39 is 0 Å². The number of oxime groups is 1. The predicted molar refractivity (Wildman–Crippen MR) is 70.3 cm³/mol. The van der Waals surface area contributed by atoms with Gasteiger partial charge in [-0.25, -0.2) is 0 Å². The van der Waals surface area contributed by atoms with Gasteiger partial charge < -0.3 is 15.8 Å². The zero-order chi connectivity index (χ0) is 12.3. The molecule has 17 heavy (non-hydrogen) atoms. The van der Waals surface area contributed by atoms with Crippen LogP contribution in [0.2, 0.25) is 0 Å². The number of hydrogen-bond acceptors (Lipinski definition) is 4. The lowest BCUT2D eigenvalue weighted by Gasteiger charge is -2.25. The zero-order valence-electron chi connectivity index (χ0n) is 9.38. The summed E-state index contributed by atoms with van der Waals surface area (Å²) in [6, 6.07) is 2.55. The van der Waals surface area contributed by atoms with Crippen LogP contribution in [0.1, 0.15) is 19.3 Å². The van der Waals surface area contributed by atoms with Crippen molar-refractivity contribution in [2.75, 3.05) is 11.4 Å². The number of rotatable bonds is 5. The van der Waals surface area contributed by atoms with Crippen molar-refractivity contribution in [2.24, 2.45) is 10.9 Å². The number of hydrogen-bond donors (Lipinski definition) is 2. The molecule has 6 heteroatoms. The first kappa shape index (κ1) is 12.2. The molecule has 1 aromatic heterocycles. The smallest absolute Gasteiger partial charge is 0.140 e. The Morgan fingerprint density at radius 2 is 2.41 bits per heavy atom. The van der Waals surface area contributed by atoms with Gasteiger partial charge in [0.05, 0.1) is 10.2 Å². The Hall–Kier alpha value is -1.30. The Morgan fingerprint density at radius 3 is 3.00 bits per heavy atom. The fourth-order valence-corrected chi connectivity index (χ4v) is 2.25. The van der Waals surface area contributed by atoms with Crippen molar-refractivity contribution in [3.8, 4) is 0 Å². The van der Waals surface area contributed by atoms with Gasteiger partial charge in [0, 0.05) is 31.4 Å². The number of amidine groups is 1. The Bertz CT molecular complexity index is 420. The maximum atomic E-state index is 8.55. The highest BCUT2D eigenvalue weighted by molar-refractivity contribution is 9.10. The Labute approximate surface area is 108 Å². The molecule has 0 radical (unpaired) electrons. The molecule has 0 unspecified atom stereocenters. The van der Waals surface area contributed by atoms with E-state index in [4.69, 9.17) is 10.9 Å². The lowest BCUT2D eigenvalue weighted by molar-refractivity contribution is 0.317. The average Bonchev–Trinajstić information content (AvgIpc) is 3.15. The van der Waals surface area contributed by atoms with Crippen molar-refractivity contribution in [3.63, 3.8) is 0 Å². The van der Waals surface area contributed by atoms with Crippen LogP contribution in [-0.2, 0) is 0 Å². The Kier molecular flexibility index (Phi) is 3.83. The first-order valence-electron chi connectivity index (χ1n) is 5.55. The van der Waals surface area contributed by atoms with Crippen LogP contribution in [0.4, 0.5) is 5.69 Å². The molecular weight excluding hydrogens is 284 g/mol. The molecule has 0 spiro atoms. The number of pyridine rings is 1. The van der Waals surface area contributed by atoms with E-state index in [9.17, 15) is 0 Å². The van der Waals surface area contributed by atoms with Gasteiger partial charge in [-0.1, -0.05) is 5.16 Å². The molecule has 0 saturated heterocycles. The minimum Gasteiger partial charge on any atom is -0.409 e. The zero-order valence-corrected chi connectivity index (χ0v) is 11.0. The second-order valence-electron chi connectivity index (χ2n) is 4.09. The molecule has 0 aromatic carbocycles. The summed E-state index contributed by atoms with van der Waals surface area (Å²) in [5, 5.41) is 11.6. The van der Waals surface area contributed by atoms with Crippen molar-refractivity contribution >= 4 is 27.5 Å². The standard InChI is InChI=1S/C11H15BrN4O/c12-9-7-14-5-3-10(9)16(8-1-2-8)6-4-11(13)15-17/h3,5,7-8,17H,1-2,4,6H2,(H2,13,15). The summed E-state index contributed by atoms with van der Waals surface area (Å²) in [5.74, 6) is 0.265. The normalized spacial score (nSPS) is 15.9. The maximum Gasteiger partial charge on any atom is 0.140 e. The van der Waals surface area contributed by atoms with Gasteiger partial charge in [-0.15, -0.1) is 0 Å². The molecule has 1 aliphatic rings. The molecule has 1 heterocycles. The number of halogens is 1. The van der Waals surface area contributed by atoms with E-state index in [1.165, 1.54) is 12.8 Å². The van der Waals surface area contributed by atoms with Crippen LogP contribution in [0.3, 0.4) is 0 Å². The van der Waals surface area contributed by atoms with Gasteiger partial charge in [0.1, 0.15) is 5.84 Å². The average molecular weight is 299 g/mol. The highest BCUT2D eigenvalue weighted by Crippen LogP contribution is 2.35. The molecule has 1 fully saturated rings. The van der Waals surface area contributed by atoms with Gasteiger partial charge >= 0.3 is 0 Å². The second kappa shape index (κ2) is 5.35. The molecule has 5 nitrogen and oxygen atoms in total. The van der Waals surface area contributed by atoms with Gasteiger partial charge in [0.15, 0.2) is 0 Å². The summed E-state index contributed by atoms with van der Waals surface area (Å²) in [6.07, 6.45) is 6.52. The minimum atomic E-state index is 0.265. The number of aromatic nitrogens is 1. The minimum absolute atomic E-state index is 0.265. The summed E-state index contributed by atoms with van der Waals surface area (Å²) in [4.78, 5) is 6.34. The van der Waals surface area contributed by atoms with E-state index in [0.29, 0.717) is 12.5 Å². The van der Waals surface area contributed by atoms with Gasteiger partial charge in [-0.2, -0.15) is 0 Å². The fraction of sp³-hybridized carbons (Fsp3) is 0.455. The van der Waals surface area contributed by atoms with Crippen molar-refractivity contribution in [2.45, 2.75) is 25.3 Å². The van der Waals surface area contributed by atoms with Crippen LogP contribution in [0.15, 0.2) is 28.1 Å². The van der Waals surface area contributed by atoms with Gasteiger partial charge in [0.25, 0.3) is 0 Å².